The Hall–Kier alpha value is -1.52. The highest BCUT2D eigenvalue weighted by Gasteiger charge is 2.29. The Balaban J connectivity index is 1.89. The summed E-state index contributed by atoms with van der Waals surface area (Å²) in [7, 11) is 0. The first-order valence-corrected chi connectivity index (χ1v) is 7.75. The predicted octanol–water partition coefficient (Wildman–Crippen LogP) is 3.40. The number of aryl methyl sites for hydroxylation is 1. The van der Waals surface area contributed by atoms with Crippen LogP contribution >= 0.6 is 0 Å². The molecule has 0 N–H and O–H groups in total. The Kier molecular flexibility index (Phi) is 4.59. The van der Waals surface area contributed by atoms with Crippen LogP contribution in [0.25, 0.3) is 0 Å². The molecule has 0 bridgehead atoms. The molecule has 5 heteroatoms. The molecule has 1 aliphatic heterocycles. The van der Waals surface area contributed by atoms with Crippen LogP contribution in [0.2, 0.25) is 0 Å². The summed E-state index contributed by atoms with van der Waals surface area (Å²) in [6.45, 7) is 11.5. The third-order valence-electron chi connectivity index (χ3n) is 4.17. The van der Waals surface area contributed by atoms with Gasteiger partial charge in [-0.25, -0.2) is 9.78 Å². The van der Waals surface area contributed by atoms with Crippen LogP contribution in [0.3, 0.4) is 0 Å². The SMILES string of the molecule is Cc1nccn1C(C)C1CCN(C(=O)OC(C)(C)C)CC1. The van der Waals surface area contributed by atoms with Crippen LogP contribution in [0.15, 0.2) is 12.4 Å². The lowest BCUT2D eigenvalue weighted by molar-refractivity contribution is 0.0165. The van der Waals surface area contributed by atoms with Gasteiger partial charge in [0.15, 0.2) is 0 Å². The molecule has 1 unspecified atom stereocenters. The van der Waals surface area contributed by atoms with Gasteiger partial charge in [-0.1, -0.05) is 0 Å². The fourth-order valence-electron chi connectivity index (χ4n) is 2.94. The number of imidazole rings is 1. The summed E-state index contributed by atoms with van der Waals surface area (Å²) in [6.07, 6.45) is 5.73. The van der Waals surface area contributed by atoms with E-state index in [2.05, 4.69) is 16.5 Å². The first-order valence-electron chi connectivity index (χ1n) is 7.75. The minimum absolute atomic E-state index is 0.188. The number of ether oxygens (including phenoxy) is 1. The normalized spacial score (nSPS) is 18.6. The maximum Gasteiger partial charge on any atom is 0.410 e. The van der Waals surface area contributed by atoms with Crippen molar-refractivity contribution < 1.29 is 9.53 Å². The van der Waals surface area contributed by atoms with Crippen molar-refractivity contribution in [3.05, 3.63) is 18.2 Å². The van der Waals surface area contributed by atoms with Crippen LogP contribution in [-0.2, 0) is 4.74 Å². The third kappa shape index (κ3) is 3.99. The van der Waals surface area contributed by atoms with Crippen molar-refractivity contribution in [1.29, 1.82) is 0 Å². The average molecular weight is 293 g/mol. The number of carbonyl (C=O) groups excluding carboxylic acids is 1. The summed E-state index contributed by atoms with van der Waals surface area (Å²) in [5, 5.41) is 0. The monoisotopic (exact) mass is 293 g/mol. The fraction of sp³-hybridized carbons (Fsp3) is 0.750. The molecular weight excluding hydrogens is 266 g/mol. The Morgan fingerprint density at radius 3 is 2.48 bits per heavy atom. The number of aromatic nitrogens is 2. The minimum Gasteiger partial charge on any atom is -0.444 e. The van der Waals surface area contributed by atoms with Gasteiger partial charge in [-0.2, -0.15) is 0 Å². The molecule has 1 saturated heterocycles. The molecule has 1 aromatic heterocycles. The Bertz CT molecular complexity index is 482. The summed E-state index contributed by atoms with van der Waals surface area (Å²) in [5.74, 6) is 1.63. The Morgan fingerprint density at radius 2 is 2.00 bits per heavy atom. The number of hydrogen-bond acceptors (Lipinski definition) is 3. The largest absolute Gasteiger partial charge is 0.444 e. The van der Waals surface area contributed by atoms with Crippen molar-refractivity contribution in [1.82, 2.24) is 14.5 Å². The van der Waals surface area contributed by atoms with Crippen molar-refractivity contribution in [2.75, 3.05) is 13.1 Å². The molecule has 1 aromatic rings. The van der Waals surface area contributed by atoms with E-state index in [-0.39, 0.29) is 6.09 Å². The van der Waals surface area contributed by atoms with Crippen molar-refractivity contribution in [2.24, 2.45) is 5.92 Å². The van der Waals surface area contributed by atoms with Crippen LogP contribution in [-0.4, -0.2) is 39.2 Å². The second-order valence-corrected chi connectivity index (χ2v) is 6.93. The maximum absolute atomic E-state index is 12.1. The lowest BCUT2D eigenvalue weighted by Gasteiger charge is -2.36. The summed E-state index contributed by atoms with van der Waals surface area (Å²) < 4.78 is 7.67. The smallest absolute Gasteiger partial charge is 0.410 e. The van der Waals surface area contributed by atoms with Crippen LogP contribution in [0.1, 0.15) is 52.4 Å². The summed E-state index contributed by atoms with van der Waals surface area (Å²) in [6, 6.07) is 0.424. The first kappa shape index (κ1) is 15.9. The number of piperidine rings is 1. The molecule has 1 fully saturated rings. The number of amides is 1. The molecule has 1 atom stereocenters. The second kappa shape index (κ2) is 6.08. The highest BCUT2D eigenvalue weighted by molar-refractivity contribution is 5.68. The summed E-state index contributed by atoms with van der Waals surface area (Å²) in [4.78, 5) is 18.2. The van der Waals surface area contributed by atoms with Crippen molar-refractivity contribution >= 4 is 6.09 Å². The van der Waals surface area contributed by atoms with Crippen molar-refractivity contribution in [2.45, 2.75) is 59.1 Å². The van der Waals surface area contributed by atoms with Gasteiger partial charge in [-0.05, 0) is 53.4 Å². The van der Waals surface area contributed by atoms with E-state index in [1.165, 1.54) is 0 Å². The number of nitrogens with zero attached hydrogens (tertiary/aromatic N) is 3. The van der Waals surface area contributed by atoms with Crippen LogP contribution in [0.4, 0.5) is 4.79 Å². The van der Waals surface area contributed by atoms with Crippen LogP contribution < -0.4 is 0 Å². The number of hydrogen-bond donors (Lipinski definition) is 0. The summed E-state index contributed by atoms with van der Waals surface area (Å²) in [5.41, 5.74) is -0.421. The Morgan fingerprint density at radius 1 is 1.38 bits per heavy atom. The van der Waals surface area contributed by atoms with E-state index in [4.69, 9.17) is 4.74 Å². The van der Waals surface area contributed by atoms with Crippen molar-refractivity contribution in [3.63, 3.8) is 0 Å². The van der Waals surface area contributed by atoms with E-state index in [0.29, 0.717) is 12.0 Å². The van der Waals surface area contributed by atoms with E-state index >= 15 is 0 Å². The van der Waals surface area contributed by atoms with Gasteiger partial charge in [0, 0.05) is 31.5 Å². The van der Waals surface area contributed by atoms with Gasteiger partial charge in [0.1, 0.15) is 11.4 Å². The van der Waals surface area contributed by atoms with Gasteiger partial charge in [-0.15, -0.1) is 0 Å². The van der Waals surface area contributed by atoms with Gasteiger partial charge in [0.25, 0.3) is 0 Å². The highest BCUT2D eigenvalue weighted by Crippen LogP contribution is 2.29. The topological polar surface area (TPSA) is 47.4 Å². The molecule has 0 spiro atoms. The van der Waals surface area contributed by atoms with E-state index in [0.717, 1.165) is 31.8 Å². The molecule has 5 nitrogen and oxygen atoms in total. The molecule has 118 valence electrons. The van der Waals surface area contributed by atoms with Gasteiger partial charge >= 0.3 is 6.09 Å². The lowest BCUT2D eigenvalue weighted by atomic mass is 9.90. The molecule has 2 heterocycles. The second-order valence-electron chi connectivity index (χ2n) is 6.93. The molecule has 21 heavy (non-hydrogen) atoms. The molecule has 0 saturated carbocycles. The fourth-order valence-corrected chi connectivity index (χ4v) is 2.94. The molecule has 1 aliphatic rings. The quantitative estimate of drug-likeness (QED) is 0.839. The zero-order valence-electron chi connectivity index (χ0n) is 13.8. The number of carbonyl (C=O) groups is 1. The first-order chi connectivity index (χ1) is 9.78. The molecule has 0 aromatic carbocycles. The van der Waals surface area contributed by atoms with Crippen LogP contribution in [0, 0.1) is 12.8 Å². The Labute approximate surface area is 127 Å². The number of rotatable bonds is 2. The molecule has 0 aliphatic carbocycles. The van der Waals surface area contributed by atoms with Crippen molar-refractivity contribution in [3.8, 4) is 0 Å². The third-order valence-corrected chi connectivity index (χ3v) is 4.17. The zero-order valence-corrected chi connectivity index (χ0v) is 13.8. The van der Waals surface area contributed by atoms with Gasteiger partial charge in [-0.3, -0.25) is 0 Å². The average Bonchev–Trinajstić information content (AvgIpc) is 2.82. The zero-order chi connectivity index (χ0) is 15.6. The molecule has 1 amide bonds. The van der Waals surface area contributed by atoms with E-state index in [1.54, 1.807) is 0 Å². The van der Waals surface area contributed by atoms with E-state index in [1.807, 2.05) is 45.0 Å². The van der Waals surface area contributed by atoms with Crippen LogP contribution in [0.5, 0.6) is 0 Å². The highest BCUT2D eigenvalue weighted by atomic mass is 16.6. The molecule has 0 radical (unpaired) electrons. The maximum atomic E-state index is 12.1. The minimum atomic E-state index is -0.421. The van der Waals surface area contributed by atoms with Gasteiger partial charge < -0.3 is 14.2 Å². The van der Waals surface area contributed by atoms with E-state index < -0.39 is 5.60 Å². The number of likely N-dealkylation sites (tertiary alicyclic amines) is 1. The lowest BCUT2D eigenvalue weighted by Crippen LogP contribution is -2.42. The van der Waals surface area contributed by atoms with Gasteiger partial charge in [0.2, 0.25) is 0 Å². The predicted molar refractivity (Wildman–Crippen MR) is 82.2 cm³/mol. The molecule has 2 rings (SSSR count). The van der Waals surface area contributed by atoms with Gasteiger partial charge in [0.05, 0.1) is 0 Å². The van der Waals surface area contributed by atoms with E-state index in [9.17, 15) is 4.79 Å². The molecular formula is C16H27N3O2. The standard InChI is InChI=1S/C16H27N3O2/c1-12(19-11-8-17-13(19)2)14-6-9-18(10-7-14)15(20)21-16(3,4)5/h8,11-12,14H,6-7,9-10H2,1-5H3. The summed E-state index contributed by atoms with van der Waals surface area (Å²) >= 11 is 0.